The van der Waals surface area contributed by atoms with E-state index in [9.17, 15) is 18.3 Å². The molecule has 0 radical (unpaired) electrons. The third kappa shape index (κ3) is 4.28. The molecule has 1 amide bonds. The molecule has 27 heavy (non-hydrogen) atoms. The molecule has 11 heteroatoms. The standard InChI is InChI=1S/C16H19N3O6S2/c20-14-2-1-7-19(15(14)16(21)18-22)27(23,24)13-5-3-11(4-6-13)25-9-12-8-17-10-26-12/h3-6,8,10,14-15,20,22H,1-2,7,9H2,(H,18,21). The van der Waals surface area contributed by atoms with Gasteiger partial charge in [0, 0.05) is 12.7 Å². The predicted molar refractivity (Wildman–Crippen MR) is 95.7 cm³/mol. The maximum absolute atomic E-state index is 12.9. The molecule has 2 heterocycles. The van der Waals surface area contributed by atoms with Gasteiger partial charge >= 0.3 is 0 Å². The Kier molecular flexibility index (Phi) is 6.07. The van der Waals surface area contributed by atoms with Crippen LogP contribution in [0, 0.1) is 0 Å². The van der Waals surface area contributed by atoms with E-state index in [0.717, 1.165) is 9.18 Å². The summed E-state index contributed by atoms with van der Waals surface area (Å²) in [6, 6.07) is 4.43. The first-order valence-corrected chi connectivity index (χ1v) is 10.5. The van der Waals surface area contributed by atoms with Crippen molar-refractivity contribution in [2.75, 3.05) is 6.54 Å². The summed E-state index contributed by atoms with van der Waals surface area (Å²) in [6.07, 6.45) is 1.18. The lowest BCUT2D eigenvalue weighted by atomic mass is 10.0. The minimum absolute atomic E-state index is 0.0301. The second-order valence-electron chi connectivity index (χ2n) is 5.97. The Morgan fingerprint density at radius 1 is 1.37 bits per heavy atom. The number of hydrogen-bond acceptors (Lipinski definition) is 8. The van der Waals surface area contributed by atoms with E-state index in [0.29, 0.717) is 18.8 Å². The maximum atomic E-state index is 12.9. The molecular weight excluding hydrogens is 394 g/mol. The zero-order chi connectivity index (χ0) is 19.4. The van der Waals surface area contributed by atoms with Crippen LogP contribution in [0.5, 0.6) is 5.75 Å². The molecule has 3 N–H and O–H groups in total. The van der Waals surface area contributed by atoms with Crippen molar-refractivity contribution in [1.82, 2.24) is 14.8 Å². The summed E-state index contributed by atoms with van der Waals surface area (Å²) in [7, 11) is -4.04. The van der Waals surface area contributed by atoms with E-state index in [2.05, 4.69) is 4.98 Å². The van der Waals surface area contributed by atoms with Crippen LogP contribution in [0.2, 0.25) is 0 Å². The number of hydrogen-bond donors (Lipinski definition) is 3. The first-order chi connectivity index (χ1) is 12.9. The third-order valence-corrected chi connectivity index (χ3v) is 6.87. The van der Waals surface area contributed by atoms with Gasteiger partial charge in [0.2, 0.25) is 10.0 Å². The molecular formula is C16H19N3O6S2. The highest BCUT2D eigenvalue weighted by molar-refractivity contribution is 7.89. The van der Waals surface area contributed by atoms with Crippen LogP contribution in [0.3, 0.4) is 0 Å². The van der Waals surface area contributed by atoms with E-state index in [1.807, 2.05) is 0 Å². The van der Waals surface area contributed by atoms with Gasteiger partial charge in [-0.3, -0.25) is 15.0 Å². The van der Waals surface area contributed by atoms with Crippen molar-refractivity contribution in [3.63, 3.8) is 0 Å². The number of benzene rings is 1. The molecule has 0 saturated carbocycles. The molecule has 3 rings (SSSR count). The lowest BCUT2D eigenvalue weighted by Gasteiger charge is -2.36. The SMILES string of the molecule is O=C(NO)C1C(O)CCCN1S(=O)(=O)c1ccc(OCc2cncs2)cc1. The van der Waals surface area contributed by atoms with Crippen molar-refractivity contribution in [1.29, 1.82) is 0 Å². The predicted octanol–water partition coefficient (Wildman–Crippen LogP) is 0.741. The zero-order valence-corrected chi connectivity index (χ0v) is 15.8. The van der Waals surface area contributed by atoms with Crippen LogP contribution in [0.15, 0.2) is 40.9 Å². The quantitative estimate of drug-likeness (QED) is 0.470. The van der Waals surface area contributed by atoms with Gasteiger partial charge in [-0.15, -0.1) is 11.3 Å². The summed E-state index contributed by atoms with van der Waals surface area (Å²) in [5, 5.41) is 18.9. The van der Waals surface area contributed by atoms with E-state index < -0.39 is 28.1 Å². The minimum Gasteiger partial charge on any atom is -0.488 e. The van der Waals surface area contributed by atoms with Crippen molar-refractivity contribution in [3.8, 4) is 5.75 Å². The number of carbonyl (C=O) groups excluding carboxylic acids is 1. The Morgan fingerprint density at radius 2 is 2.11 bits per heavy atom. The summed E-state index contributed by atoms with van der Waals surface area (Å²) in [4.78, 5) is 16.7. The number of carbonyl (C=O) groups is 1. The molecule has 1 aliphatic heterocycles. The van der Waals surface area contributed by atoms with Crippen molar-refractivity contribution in [2.45, 2.75) is 36.5 Å². The lowest BCUT2D eigenvalue weighted by Crippen LogP contribution is -2.57. The van der Waals surface area contributed by atoms with E-state index in [1.165, 1.54) is 41.1 Å². The lowest BCUT2D eigenvalue weighted by molar-refractivity contribution is -0.138. The molecule has 1 fully saturated rings. The first-order valence-electron chi connectivity index (χ1n) is 8.17. The number of thiazole rings is 1. The van der Waals surface area contributed by atoms with Crippen molar-refractivity contribution in [3.05, 3.63) is 40.8 Å². The fourth-order valence-corrected chi connectivity index (χ4v) is 5.06. The number of ether oxygens (including phenoxy) is 1. The number of nitrogens with zero attached hydrogens (tertiary/aromatic N) is 2. The Bertz CT molecular complexity index is 870. The van der Waals surface area contributed by atoms with Crippen LogP contribution in [0.25, 0.3) is 0 Å². The fourth-order valence-electron chi connectivity index (χ4n) is 2.90. The number of aliphatic hydroxyl groups is 1. The van der Waals surface area contributed by atoms with E-state index in [1.54, 1.807) is 11.7 Å². The molecule has 0 spiro atoms. The van der Waals surface area contributed by atoms with Crippen LogP contribution < -0.4 is 10.2 Å². The summed E-state index contributed by atoms with van der Waals surface area (Å²) in [5.41, 5.74) is 3.12. The second kappa shape index (κ2) is 8.31. The molecule has 9 nitrogen and oxygen atoms in total. The molecule has 1 aliphatic rings. The molecule has 0 aliphatic carbocycles. The first kappa shape index (κ1) is 19.7. The van der Waals surface area contributed by atoms with E-state index >= 15 is 0 Å². The van der Waals surface area contributed by atoms with Crippen LogP contribution >= 0.6 is 11.3 Å². The average molecular weight is 413 g/mol. The summed E-state index contributed by atoms with van der Waals surface area (Å²) < 4.78 is 32.3. The van der Waals surface area contributed by atoms with E-state index in [4.69, 9.17) is 9.94 Å². The summed E-state index contributed by atoms with van der Waals surface area (Å²) >= 11 is 1.45. The molecule has 1 saturated heterocycles. The Morgan fingerprint density at radius 3 is 2.74 bits per heavy atom. The monoisotopic (exact) mass is 413 g/mol. The van der Waals surface area contributed by atoms with Gasteiger partial charge in [0.05, 0.1) is 21.4 Å². The number of hydroxylamine groups is 1. The van der Waals surface area contributed by atoms with Gasteiger partial charge in [0.25, 0.3) is 5.91 Å². The normalized spacial score (nSPS) is 21.0. The summed E-state index contributed by atoms with van der Waals surface area (Å²) in [5.74, 6) is -0.471. The van der Waals surface area contributed by atoms with Crippen LogP contribution in [0.4, 0.5) is 0 Å². The molecule has 2 unspecified atom stereocenters. The van der Waals surface area contributed by atoms with Crippen LogP contribution in [0.1, 0.15) is 17.7 Å². The number of amides is 1. The van der Waals surface area contributed by atoms with E-state index in [-0.39, 0.29) is 17.9 Å². The second-order valence-corrected chi connectivity index (χ2v) is 8.84. The van der Waals surface area contributed by atoms with Crippen LogP contribution in [-0.4, -0.2) is 52.6 Å². The number of rotatable bonds is 6. The van der Waals surface area contributed by atoms with Gasteiger partial charge in [-0.25, -0.2) is 13.9 Å². The topological polar surface area (TPSA) is 129 Å². The van der Waals surface area contributed by atoms with Gasteiger partial charge in [0.15, 0.2) is 0 Å². The van der Waals surface area contributed by atoms with Gasteiger partial charge in [-0.1, -0.05) is 0 Å². The molecule has 1 aromatic heterocycles. The largest absolute Gasteiger partial charge is 0.488 e. The fraction of sp³-hybridized carbons (Fsp3) is 0.375. The average Bonchev–Trinajstić information content (AvgIpc) is 3.19. The highest BCUT2D eigenvalue weighted by atomic mass is 32.2. The van der Waals surface area contributed by atoms with Crippen LogP contribution in [-0.2, 0) is 21.4 Å². The smallest absolute Gasteiger partial charge is 0.264 e. The highest BCUT2D eigenvalue weighted by Gasteiger charge is 2.42. The van der Waals surface area contributed by atoms with Crippen molar-refractivity contribution in [2.24, 2.45) is 0 Å². The van der Waals surface area contributed by atoms with Gasteiger partial charge < -0.3 is 9.84 Å². The Balaban J connectivity index is 1.78. The number of piperidine rings is 1. The number of sulfonamides is 1. The summed E-state index contributed by atoms with van der Waals surface area (Å²) in [6.45, 7) is 0.398. The molecule has 0 bridgehead atoms. The van der Waals surface area contributed by atoms with Crippen molar-refractivity contribution < 1.29 is 28.3 Å². The Hall–Kier alpha value is -2.05. The number of aromatic nitrogens is 1. The zero-order valence-electron chi connectivity index (χ0n) is 14.2. The molecule has 1 aromatic carbocycles. The maximum Gasteiger partial charge on any atom is 0.264 e. The Labute approximate surface area is 160 Å². The minimum atomic E-state index is -4.04. The highest BCUT2D eigenvalue weighted by Crippen LogP contribution is 2.27. The van der Waals surface area contributed by atoms with Gasteiger partial charge in [-0.05, 0) is 37.1 Å². The van der Waals surface area contributed by atoms with Gasteiger partial charge in [-0.2, -0.15) is 4.31 Å². The third-order valence-electron chi connectivity index (χ3n) is 4.23. The van der Waals surface area contributed by atoms with Crippen molar-refractivity contribution >= 4 is 27.3 Å². The number of aliphatic hydroxyl groups excluding tert-OH is 1. The number of nitrogens with one attached hydrogen (secondary N) is 1. The molecule has 2 atom stereocenters. The molecule has 146 valence electrons. The molecule has 2 aromatic rings. The van der Waals surface area contributed by atoms with Gasteiger partial charge in [0.1, 0.15) is 18.4 Å².